The summed E-state index contributed by atoms with van der Waals surface area (Å²) >= 11 is 0. The van der Waals surface area contributed by atoms with Gasteiger partial charge in [0.15, 0.2) is 0 Å². The molecule has 2 aliphatic rings. The van der Waals surface area contributed by atoms with Crippen LogP contribution < -0.4 is 0 Å². The summed E-state index contributed by atoms with van der Waals surface area (Å²) in [6, 6.07) is 4.08. The molecule has 2 fully saturated rings. The molecule has 1 aromatic heterocycles. The molecule has 0 saturated carbocycles. The third-order valence-electron chi connectivity index (χ3n) is 5.11. The maximum absolute atomic E-state index is 12.5. The Labute approximate surface area is 144 Å². The van der Waals surface area contributed by atoms with Gasteiger partial charge < -0.3 is 9.80 Å². The zero-order valence-corrected chi connectivity index (χ0v) is 14.3. The topological polar surface area (TPSA) is 53.5 Å². The zero-order valence-electron chi connectivity index (χ0n) is 14.3. The Hall–Kier alpha value is -1.91. The van der Waals surface area contributed by atoms with E-state index in [4.69, 9.17) is 0 Å². The van der Waals surface area contributed by atoms with Crippen molar-refractivity contribution in [2.24, 2.45) is 5.92 Å². The van der Waals surface area contributed by atoms with E-state index < -0.39 is 0 Å². The molecule has 2 amide bonds. The number of carbonyl (C=O) groups excluding carboxylic acids is 2. The van der Waals surface area contributed by atoms with Crippen molar-refractivity contribution in [2.45, 2.75) is 44.9 Å². The minimum Gasteiger partial charge on any atom is -0.343 e. The highest BCUT2D eigenvalue weighted by atomic mass is 16.2. The van der Waals surface area contributed by atoms with Crippen molar-refractivity contribution in [3.8, 4) is 0 Å². The number of aromatic nitrogens is 1. The molecule has 130 valence electrons. The van der Waals surface area contributed by atoms with Crippen LogP contribution in [-0.4, -0.2) is 52.8 Å². The second-order valence-corrected chi connectivity index (χ2v) is 7.00. The van der Waals surface area contributed by atoms with E-state index in [1.54, 1.807) is 6.20 Å². The molecular formula is C19H27N3O2. The quantitative estimate of drug-likeness (QED) is 0.804. The molecule has 0 N–H and O–H groups in total. The van der Waals surface area contributed by atoms with Crippen LogP contribution in [0.25, 0.3) is 0 Å². The molecule has 5 nitrogen and oxygen atoms in total. The first kappa shape index (κ1) is 16.9. The van der Waals surface area contributed by atoms with E-state index >= 15 is 0 Å². The highest BCUT2D eigenvalue weighted by molar-refractivity contribution is 5.78. The fourth-order valence-electron chi connectivity index (χ4n) is 3.83. The fourth-order valence-corrected chi connectivity index (χ4v) is 3.83. The fraction of sp³-hybridized carbons (Fsp3) is 0.632. The lowest BCUT2D eigenvalue weighted by Crippen LogP contribution is -2.40. The van der Waals surface area contributed by atoms with Crippen LogP contribution in [0.15, 0.2) is 24.5 Å². The van der Waals surface area contributed by atoms with Gasteiger partial charge >= 0.3 is 0 Å². The minimum absolute atomic E-state index is 0.247. The molecule has 5 heteroatoms. The lowest BCUT2D eigenvalue weighted by atomic mass is 9.91. The van der Waals surface area contributed by atoms with Crippen molar-refractivity contribution < 1.29 is 9.59 Å². The summed E-state index contributed by atoms with van der Waals surface area (Å²) in [4.78, 5) is 32.2. The van der Waals surface area contributed by atoms with Crippen LogP contribution in [0.1, 0.15) is 44.1 Å². The van der Waals surface area contributed by atoms with Crippen molar-refractivity contribution in [2.75, 3.05) is 26.2 Å². The predicted molar refractivity (Wildman–Crippen MR) is 92.3 cm³/mol. The number of piperidine rings is 1. The number of amides is 2. The summed E-state index contributed by atoms with van der Waals surface area (Å²) in [5, 5.41) is 0. The number of likely N-dealkylation sites (tertiary alicyclic amines) is 2. The van der Waals surface area contributed by atoms with Gasteiger partial charge in [-0.2, -0.15) is 0 Å². The summed E-state index contributed by atoms with van der Waals surface area (Å²) < 4.78 is 0. The number of carbonyl (C=O) groups is 2. The molecule has 2 saturated heterocycles. The van der Waals surface area contributed by atoms with E-state index in [2.05, 4.69) is 11.1 Å². The number of rotatable bonds is 6. The van der Waals surface area contributed by atoms with Crippen LogP contribution in [0.4, 0.5) is 0 Å². The lowest BCUT2D eigenvalue weighted by Gasteiger charge is -2.33. The summed E-state index contributed by atoms with van der Waals surface area (Å²) in [5.41, 5.74) is 1.25. The van der Waals surface area contributed by atoms with Gasteiger partial charge in [0.05, 0.1) is 0 Å². The third kappa shape index (κ3) is 4.56. The first-order chi connectivity index (χ1) is 11.7. The SMILES string of the molecule is O=C1CCCN1CCCC(=O)N1CCC[C@H](Cc2cccnc2)C1. The molecule has 3 rings (SSSR count). The van der Waals surface area contributed by atoms with Crippen molar-refractivity contribution in [3.63, 3.8) is 0 Å². The monoisotopic (exact) mass is 329 g/mol. The van der Waals surface area contributed by atoms with Gasteiger partial charge in [0.25, 0.3) is 0 Å². The van der Waals surface area contributed by atoms with Crippen molar-refractivity contribution in [1.82, 2.24) is 14.8 Å². The van der Waals surface area contributed by atoms with E-state index in [1.165, 1.54) is 12.0 Å². The van der Waals surface area contributed by atoms with Gasteiger partial charge in [-0.1, -0.05) is 6.07 Å². The normalized spacial score (nSPS) is 21.3. The van der Waals surface area contributed by atoms with Gasteiger partial charge in [0.1, 0.15) is 0 Å². The molecule has 1 atom stereocenters. The van der Waals surface area contributed by atoms with Gasteiger partial charge in [-0.15, -0.1) is 0 Å². The highest BCUT2D eigenvalue weighted by Crippen LogP contribution is 2.21. The Morgan fingerprint density at radius 3 is 2.96 bits per heavy atom. The Bertz CT molecular complexity index is 561. The molecule has 3 heterocycles. The van der Waals surface area contributed by atoms with Crippen LogP contribution in [0.2, 0.25) is 0 Å². The van der Waals surface area contributed by atoms with E-state index in [-0.39, 0.29) is 11.8 Å². The number of hydrogen-bond acceptors (Lipinski definition) is 3. The van der Waals surface area contributed by atoms with Crippen LogP contribution in [0.5, 0.6) is 0 Å². The Morgan fingerprint density at radius 1 is 1.29 bits per heavy atom. The summed E-state index contributed by atoms with van der Waals surface area (Å²) in [5.74, 6) is 1.03. The molecule has 1 aromatic rings. The first-order valence-electron chi connectivity index (χ1n) is 9.17. The van der Waals surface area contributed by atoms with Gasteiger partial charge in [-0.05, 0) is 49.7 Å². The van der Waals surface area contributed by atoms with Crippen molar-refractivity contribution in [3.05, 3.63) is 30.1 Å². The molecule has 2 aliphatic heterocycles. The van der Waals surface area contributed by atoms with Gasteiger partial charge in [-0.3, -0.25) is 14.6 Å². The maximum Gasteiger partial charge on any atom is 0.222 e. The summed E-state index contributed by atoms with van der Waals surface area (Å²) in [6.45, 7) is 3.34. The molecule has 0 spiro atoms. The highest BCUT2D eigenvalue weighted by Gasteiger charge is 2.24. The van der Waals surface area contributed by atoms with Crippen molar-refractivity contribution in [1.29, 1.82) is 0 Å². The van der Waals surface area contributed by atoms with E-state index in [9.17, 15) is 9.59 Å². The smallest absolute Gasteiger partial charge is 0.222 e. The Morgan fingerprint density at radius 2 is 2.21 bits per heavy atom. The Balaban J connectivity index is 1.42. The number of nitrogens with zero attached hydrogens (tertiary/aromatic N) is 3. The van der Waals surface area contributed by atoms with Crippen LogP contribution in [0, 0.1) is 5.92 Å². The Kier molecular flexibility index (Phi) is 5.83. The van der Waals surface area contributed by atoms with Gasteiger partial charge in [0, 0.05) is 51.4 Å². The predicted octanol–water partition coefficient (Wildman–Crippen LogP) is 2.27. The largest absolute Gasteiger partial charge is 0.343 e. The average Bonchev–Trinajstić information content (AvgIpc) is 3.01. The summed E-state index contributed by atoms with van der Waals surface area (Å²) in [6.07, 6.45) is 9.98. The second-order valence-electron chi connectivity index (χ2n) is 7.00. The summed E-state index contributed by atoms with van der Waals surface area (Å²) in [7, 11) is 0. The average molecular weight is 329 g/mol. The second kappa shape index (κ2) is 8.27. The van der Waals surface area contributed by atoms with E-state index in [1.807, 2.05) is 22.1 Å². The molecule has 0 aliphatic carbocycles. The van der Waals surface area contributed by atoms with Crippen molar-refractivity contribution >= 4 is 11.8 Å². The van der Waals surface area contributed by atoms with E-state index in [0.717, 1.165) is 51.9 Å². The molecule has 0 bridgehead atoms. The first-order valence-corrected chi connectivity index (χ1v) is 9.17. The van der Waals surface area contributed by atoms with Gasteiger partial charge in [-0.25, -0.2) is 0 Å². The van der Waals surface area contributed by atoms with Crippen LogP contribution in [-0.2, 0) is 16.0 Å². The molecule has 0 unspecified atom stereocenters. The number of pyridine rings is 1. The zero-order chi connectivity index (χ0) is 16.8. The van der Waals surface area contributed by atoms with Crippen LogP contribution in [0.3, 0.4) is 0 Å². The standard InChI is InChI=1S/C19H27N3O2/c23-18-7-3-10-21(18)11-4-8-19(24)22-12-2-6-17(15-22)13-16-5-1-9-20-14-16/h1,5,9,14,17H,2-4,6-8,10-13,15H2/t17-/m1/s1. The molecule has 0 radical (unpaired) electrons. The lowest BCUT2D eigenvalue weighted by molar-refractivity contribution is -0.134. The maximum atomic E-state index is 12.5. The molecule has 0 aromatic carbocycles. The van der Waals surface area contributed by atoms with E-state index in [0.29, 0.717) is 18.8 Å². The minimum atomic E-state index is 0.247. The number of hydrogen-bond donors (Lipinski definition) is 0. The molecular weight excluding hydrogens is 302 g/mol. The molecule has 24 heavy (non-hydrogen) atoms. The van der Waals surface area contributed by atoms with Crippen LogP contribution >= 0.6 is 0 Å². The third-order valence-corrected chi connectivity index (χ3v) is 5.11. The van der Waals surface area contributed by atoms with Gasteiger partial charge in [0.2, 0.25) is 11.8 Å².